The molecule has 1 saturated carbocycles. The average Bonchev–Trinajstić information content (AvgIpc) is 3.19. The zero-order chi connectivity index (χ0) is 20.8. The van der Waals surface area contributed by atoms with E-state index in [-0.39, 0.29) is 17.9 Å². The topological polar surface area (TPSA) is 69.6 Å². The zero-order valence-corrected chi connectivity index (χ0v) is 17.7. The first kappa shape index (κ1) is 21.8. The van der Waals surface area contributed by atoms with E-state index in [9.17, 15) is 15.0 Å². The standard InChI is InChI=1S/C25H35NO3/c1-17-6-5-8-18(12-17)14-21(27)10-11-22-23-15-19(13-20(23)16-24(22)28)7-3-4-9-25(29)26-2/h5-6,8,10-13,20-24,27-28H,3-4,7,9,14-16H2,1-2H3,(H,26,29)/b11-10+/t20-,21+,22+,23-,24+/m0/s1. The lowest BCUT2D eigenvalue weighted by molar-refractivity contribution is -0.120. The third-order valence-electron chi connectivity index (χ3n) is 6.46. The smallest absolute Gasteiger partial charge is 0.219 e. The molecule has 0 heterocycles. The Kier molecular flexibility index (Phi) is 7.68. The molecule has 1 aromatic carbocycles. The van der Waals surface area contributed by atoms with Gasteiger partial charge in [-0.05, 0) is 56.4 Å². The Labute approximate surface area is 174 Å². The molecule has 0 radical (unpaired) electrons. The molecule has 0 spiro atoms. The highest BCUT2D eigenvalue weighted by Gasteiger charge is 2.43. The summed E-state index contributed by atoms with van der Waals surface area (Å²) >= 11 is 0. The summed E-state index contributed by atoms with van der Waals surface area (Å²) in [5, 5.41) is 23.6. The molecule has 0 aromatic heterocycles. The summed E-state index contributed by atoms with van der Waals surface area (Å²) in [6.45, 7) is 2.06. The van der Waals surface area contributed by atoms with E-state index in [0.29, 0.717) is 24.7 Å². The number of hydrogen-bond acceptors (Lipinski definition) is 3. The van der Waals surface area contributed by atoms with Gasteiger partial charge < -0.3 is 15.5 Å². The molecule has 5 atom stereocenters. The van der Waals surface area contributed by atoms with Crippen molar-refractivity contribution in [1.82, 2.24) is 5.32 Å². The second kappa shape index (κ2) is 10.2. The fraction of sp³-hybridized carbons (Fsp3) is 0.560. The van der Waals surface area contributed by atoms with Gasteiger partial charge in [0, 0.05) is 25.8 Å². The molecule has 2 aliphatic rings. The Bertz CT molecular complexity index is 754. The summed E-state index contributed by atoms with van der Waals surface area (Å²) < 4.78 is 0. The lowest BCUT2D eigenvalue weighted by Gasteiger charge is -2.19. The van der Waals surface area contributed by atoms with Crippen molar-refractivity contribution < 1.29 is 15.0 Å². The highest BCUT2D eigenvalue weighted by molar-refractivity contribution is 5.75. The molecule has 0 saturated heterocycles. The van der Waals surface area contributed by atoms with Crippen molar-refractivity contribution in [2.24, 2.45) is 17.8 Å². The summed E-state index contributed by atoms with van der Waals surface area (Å²) in [7, 11) is 1.68. The van der Waals surface area contributed by atoms with E-state index >= 15 is 0 Å². The van der Waals surface area contributed by atoms with Crippen molar-refractivity contribution in [2.45, 2.75) is 64.1 Å². The summed E-state index contributed by atoms with van der Waals surface area (Å²) in [6, 6.07) is 8.23. The van der Waals surface area contributed by atoms with Crippen LogP contribution < -0.4 is 5.32 Å². The van der Waals surface area contributed by atoms with Gasteiger partial charge in [-0.2, -0.15) is 0 Å². The number of aliphatic hydroxyl groups excluding tert-OH is 2. The Balaban J connectivity index is 1.49. The van der Waals surface area contributed by atoms with Crippen LogP contribution >= 0.6 is 0 Å². The minimum atomic E-state index is -0.526. The fourth-order valence-corrected chi connectivity index (χ4v) is 4.96. The molecule has 0 bridgehead atoms. The molecule has 4 heteroatoms. The molecule has 0 aliphatic heterocycles. The van der Waals surface area contributed by atoms with Gasteiger partial charge in [0.25, 0.3) is 0 Å². The molecule has 0 unspecified atom stereocenters. The number of fused-ring (bicyclic) bond motifs is 1. The molecule has 1 aromatic rings. The van der Waals surface area contributed by atoms with E-state index in [2.05, 4.69) is 36.5 Å². The minimum absolute atomic E-state index is 0.111. The van der Waals surface area contributed by atoms with Crippen LogP contribution in [-0.4, -0.2) is 35.4 Å². The van der Waals surface area contributed by atoms with Gasteiger partial charge in [0.05, 0.1) is 12.2 Å². The Morgan fingerprint density at radius 1 is 1.34 bits per heavy atom. The number of carbonyl (C=O) groups excluding carboxylic acids is 1. The van der Waals surface area contributed by atoms with E-state index < -0.39 is 6.10 Å². The number of allylic oxidation sites excluding steroid dienone is 2. The van der Waals surface area contributed by atoms with Gasteiger partial charge in [0.15, 0.2) is 0 Å². The van der Waals surface area contributed by atoms with Crippen LogP contribution in [0.25, 0.3) is 0 Å². The molecule has 2 aliphatic carbocycles. The number of benzene rings is 1. The third kappa shape index (κ3) is 6.03. The molecule has 1 fully saturated rings. The van der Waals surface area contributed by atoms with E-state index in [1.165, 1.54) is 11.1 Å². The van der Waals surface area contributed by atoms with Gasteiger partial charge in [0.2, 0.25) is 5.91 Å². The van der Waals surface area contributed by atoms with Crippen molar-refractivity contribution in [3.05, 3.63) is 59.2 Å². The van der Waals surface area contributed by atoms with Crippen LogP contribution in [-0.2, 0) is 11.2 Å². The van der Waals surface area contributed by atoms with E-state index in [1.807, 2.05) is 18.2 Å². The number of hydrogen-bond donors (Lipinski definition) is 3. The van der Waals surface area contributed by atoms with Gasteiger partial charge in [-0.1, -0.05) is 53.6 Å². The van der Waals surface area contributed by atoms with Crippen LogP contribution in [0.3, 0.4) is 0 Å². The van der Waals surface area contributed by atoms with Crippen molar-refractivity contribution in [3.8, 4) is 0 Å². The van der Waals surface area contributed by atoms with Crippen molar-refractivity contribution in [1.29, 1.82) is 0 Å². The Morgan fingerprint density at radius 2 is 2.17 bits per heavy atom. The molecule has 158 valence electrons. The third-order valence-corrected chi connectivity index (χ3v) is 6.46. The van der Waals surface area contributed by atoms with E-state index in [1.54, 1.807) is 7.05 Å². The SMILES string of the molecule is CNC(=O)CCCCC1=C[C@H]2C[C@@H](O)[C@H](/C=C/[C@@H](O)Cc3cccc(C)c3)[C@H]2C1. The van der Waals surface area contributed by atoms with Crippen LogP contribution in [0.5, 0.6) is 0 Å². The number of aliphatic hydroxyl groups is 2. The first-order valence-electron chi connectivity index (χ1n) is 11.0. The van der Waals surface area contributed by atoms with Crippen LogP contribution in [0, 0.1) is 24.7 Å². The lowest BCUT2D eigenvalue weighted by atomic mass is 9.88. The maximum absolute atomic E-state index is 11.3. The van der Waals surface area contributed by atoms with Crippen molar-refractivity contribution in [3.63, 3.8) is 0 Å². The van der Waals surface area contributed by atoms with Crippen LogP contribution in [0.15, 0.2) is 48.1 Å². The van der Waals surface area contributed by atoms with Crippen LogP contribution in [0.1, 0.15) is 49.7 Å². The monoisotopic (exact) mass is 397 g/mol. The average molecular weight is 398 g/mol. The number of unbranched alkanes of at least 4 members (excludes halogenated alkanes) is 1. The van der Waals surface area contributed by atoms with Crippen molar-refractivity contribution in [2.75, 3.05) is 7.05 Å². The zero-order valence-electron chi connectivity index (χ0n) is 17.7. The molecular weight excluding hydrogens is 362 g/mol. The van der Waals surface area contributed by atoms with Crippen LogP contribution in [0.2, 0.25) is 0 Å². The number of rotatable bonds is 9. The summed E-state index contributed by atoms with van der Waals surface area (Å²) in [5.41, 5.74) is 3.81. The quantitative estimate of drug-likeness (QED) is 0.439. The number of carbonyl (C=O) groups is 1. The van der Waals surface area contributed by atoms with Gasteiger partial charge in [-0.25, -0.2) is 0 Å². The first-order chi connectivity index (χ1) is 14.0. The highest BCUT2D eigenvalue weighted by atomic mass is 16.3. The number of amides is 1. The van der Waals surface area contributed by atoms with Gasteiger partial charge in [-0.3, -0.25) is 4.79 Å². The Hall–Kier alpha value is -1.91. The summed E-state index contributed by atoms with van der Waals surface area (Å²) in [6.07, 6.45) is 11.5. The van der Waals surface area contributed by atoms with Gasteiger partial charge >= 0.3 is 0 Å². The maximum Gasteiger partial charge on any atom is 0.219 e. The largest absolute Gasteiger partial charge is 0.392 e. The summed E-state index contributed by atoms with van der Waals surface area (Å²) in [4.78, 5) is 11.3. The van der Waals surface area contributed by atoms with Crippen molar-refractivity contribution >= 4 is 5.91 Å². The molecular formula is C25H35NO3. The molecule has 1 amide bonds. The molecule has 3 N–H and O–H groups in total. The molecule has 29 heavy (non-hydrogen) atoms. The van der Waals surface area contributed by atoms with E-state index in [0.717, 1.165) is 37.7 Å². The second-order valence-corrected chi connectivity index (χ2v) is 8.76. The minimum Gasteiger partial charge on any atom is -0.392 e. The second-order valence-electron chi connectivity index (χ2n) is 8.76. The fourth-order valence-electron chi connectivity index (χ4n) is 4.96. The maximum atomic E-state index is 11.3. The molecule has 4 nitrogen and oxygen atoms in total. The highest BCUT2D eigenvalue weighted by Crippen LogP contribution is 2.48. The van der Waals surface area contributed by atoms with E-state index in [4.69, 9.17) is 0 Å². The van der Waals surface area contributed by atoms with Gasteiger partial charge in [-0.15, -0.1) is 0 Å². The normalized spacial score (nSPS) is 27.1. The number of aryl methyl sites for hydroxylation is 1. The van der Waals surface area contributed by atoms with Crippen LogP contribution in [0.4, 0.5) is 0 Å². The predicted octanol–water partition coefficient (Wildman–Crippen LogP) is 3.70. The lowest BCUT2D eigenvalue weighted by Crippen LogP contribution is -2.18. The molecule has 3 rings (SSSR count). The Morgan fingerprint density at radius 3 is 2.93 bits per heavy atom. The predicted molar refractivity (Wildman–Crippen MR) is 116 cm³/mol. The summed E-state index contributed by atoms with van der Waals surface area (Å²) in [5.74, 6) is 1.12. The van der Waals surface area contributed by atoms with Gasteiger partial charge in [0.1, 0.15) is 0 Å². The number of nitrogens with one attached hydrogen (secondary N) is 1. The first-order valence-corrected chi connectivity index (χ1v) is 11.0.